The third-order valence-corrected chi connectivity index (χ3v) is 3.98. The fourth-order valence-electron chi connectivity index (χ4n) is 1.32. The van der Waals surface area contributed by atoms with Crippen molar-refractivity contribution in [3.8, 4) is 0 Å². The Morgan fingerprint density at radius 3 is 2.95 bits per heavy atom. The molecule has 0 radical (unpaired) electrons. The zero-order valence-electron chi connectivity index (χ0n) is 10.1. The van der Waals surface area contributed by atoms with Crippen molar-refractivity contribution in [1.82, 2.24) is 15.0 Å². The van der Waals surface area contributed by atoms with Gasteiger partial charge in [0.2, 0.25) is 5.82 Å². The van der Waals surface area contributed by atoms with Gasteiger partial charge in [-0.05, 0) is 18.2 Å². The largest absolute Gasteiger partial charge is 0.364 e. The van der Waals surface area contributed by atoms with Crippen molar-refractivity contribution in [3.05, 3.63) is 28.0 Å². The third kappa shape index (κ3) is 3.38. The highest BCUT2D eigenvalue weighted by atomic mass is 32.2. The lowest BCUT2D eigenvalue weighted by Crippen LogP contribution is -2.07. The summed E-state index contributed by atoms with van der Waals surface area (Å²) in [7, 11) is 0. The second-order valence-electron chi connectivity index (χ2n) is 3.46. The number of anilines is 1. The van der Waals surface area contributed by atoms with E-state index in [1.54, 1.807) is 6.20 Å². The van der Waals surface area contributed by atoms with Crippen molar-refractivity contribution in [2.24, 2.45) is 0 Å². The molecule has 0 aliphatic rings. The van der Waals surface area contributed by atoms with Crippen LogP contribution in [0.3, 0.4) is 0 Å². The molecule has 0 bridgehead atoms. The Balaban J connectivity index is 2.33. The van der Waals surface area contributed by atoms with E-state index in [2.05, 4.69) is 20.3 Å². The van der Waals surface area contributed by atoms with E-state index in [9.17, 15) is 10.1 Å². The van der Waals surface area contributed by atoms with Crippen LogP contribution in [-0.2, 0) is 0 Å². The van der Waals surface area contributed by atoms with E-state index in [0.29, 0.717) is 15.9 Å². The molecule has 1 N–H and O–H groups in total. The summed E-state index contributed by atoms with van der Waals surface area (Å²) in [5.41, 5.74) is -0.101. The summed E-state index contributed by atoms with van der Waals surface area (Å²) in [4.78, 5) is 22.7. The van der Waals surface area contributed by atoms with Gasteiger partial charge in [0.1, 0.15) is 6.33 Å². The van der Waals surface area contributed by atoms with E-state index >= 15 is 0 Å². The average Bonchev–Trinajstić information content (AvgIpc) is 2.89. The Labute approximate surface area is 117 Å². The van der Waals surface area contributed by atoms with Crippen LogP contribution >= 0.6 is 23.1 Å². The molecule has 0 atom stereocenters. The van der Waals surface area contributed by atoms with Crippen molar-refractivity contribution >= 4 is 34.6 Å². The van der Waals surface area contributed by atoms with Gasteiger partial charge < -0.3 is 5.32 Å². The molecule has 2 aromatic rings. The summed E-state index contributed by atoms with van der Waals surface area (Å²) in [5.74, 6) is 0.251. The Kier molecular flexibility index (Phi) is 4.63. The van der Waals surface area contributed by atoms with Gasteiger partial charge in [-0.1, -0.05) is 6.92 Å². The molecule has 0 spiro atoms. The van der Waals surface area contributed by atoms with Gasteiger partial charge >= 0.3 is 5.69 Å². The average molecular weight is 297 g/mol. The van der Waals surface area contributed by atoms with Crippen LogP contribution in [0.5, 0.6) is 0 Å². The van der Waals surface area contributed by atoms with Crippen LogP contribution in [0.2, 0.25) is 0 Å². The molecule has 0 aliphatic heterocycles. The predicted molar refractivity (Wildman–Crippen MR) is 73.7 cm³/mol. The molecule has 0 unspecified atom stereocenters. The minimum atomic E-state index is -0.464. The van der Waals surface area contributed by atoms with Gasteiger partial charge in [-0.2, -0.15) is 0 Å². The Morgan fingerprint density at radius 2 is 2.32 bits per heavy atom. The quantitative estimate of drug-likeness (QED) is 0.497. The molecule has 0 amide bonds. The summed E-state index contributed by atoms with van der Waals surface area (Å²) >= 11 is 2.58. The minimum Gasteiger partial charge on any atom is -0.364 e. The highest BCUT2D eigenvalue weighted by Crippen LogP contribution is 2.36. The standard InChI is InChI=1S/C10H11N5O2S2/c1-2-3-11-8-7(15(16)17)9(14-6-13-8)19-10-12-4-5-18-10/h4-6H,2-3H2,1H3,(H,11,13,14). The first-order chi connectivity index (χ1) is 9.22. The molecule has 0 saturated carbocycles. The molecule has 2 rings (SSSR count). The number of nitrogens with zero attached hydrogens (tertiary/aromatic N) is 4. The predicted octanol–water partition coefficient (Wildman–Crippen LogP) is 2.81. The smallest absolute Gasteiger partial charge is 0.343 e. The molecule has 9 heteroatoms. The number of hydrogen-bond donors (Lipinski definition) is 1. The first-order valence-electron chi connectivity index (χ1n) is 5.53. The van der Waals surface area contributed by atoms with Crippen molar-refractivity contribution < 1.29 is 4.92 Å². The van der Waals surface area contributed by atoms with E-state index in [-0.39, 0.29) is 11.5 Å². The second-order valence-corrected chi connectivity index (χ2v) is 5.59. The van der Waals surface area contributed by atoms with E-state index in [4.69, 9.17) is 0 Å². The highest BCUT2D eigenvalue weighted by molar-refractivity contribution is 8.01. The van der Waals surface area contributed by atoms with Crippen molar-refractivity contribution in [2.45, 2.75) is 22.7 Å². The Hall–Kier alpha value is -1.74. The Morgan fingerprint density at radius 1 is 1.47 bits per heavy atom. The molecule has 19 heavy (non-hydrogen) atoms. The van der Waals surface area contributed by atoms with Gasteiger partial charge in [-0.15, -0.1) is 11.3 Å². The first kappa shape index (κ1) is 13.7. The number of aromatic nitrogens is 3. The maximum Gasteiger partial charge on any atom is 0.343 e. The number of nitrogens with one attached hydrogen (secondary N) is 1. The molecule has 7 nitrogen and oxygen atoms in total. The van der Waals surface area contributed by atoms with E-state index in [0.717, 1.165) is 6.42 Å². The molecule has 100 valence electrons. The summed E-state index contributed by atoms with van der Waals surface area (Å²) in [5, 5.41) is 16.2. The first-order valence-corrected chi connectivity index (χ1v) is 7.22. The fourth-order valence-corrected chi connectivity index (χ4v) is 2.92. The molecule has 0 aliphatic carbocycles. The zero-order chi connectivity index (χ0) is 13.7. The Bertz CT molecular complexity index is 561. The van der Waals surface area contributed by atoms with E-state index < -0.39 is 4.92 Å². The molecule has 0 aromatic carbocycles. The van der Waals surface area contributed by atoms with Gasteiger partial charge in [-0.3, -0.25) is 10.1 Å². The monoisotopic (exact) mass is 297 g/mol. The lowest BCUT2D eigenvalue weighted by Gasteiger charge is -2.06. The van der Waals surface area contributed by atoms with Gasteiger partial charge in [-0.25, -0.2) is 15.0 Å². The van der Waals surface area contributed by atoms with Gasteiger partial charge in [0.25, 0.3) is 0 Å². The van der Waals surface area contributed by atoms with Crippen molar-refractivity contribution in [3.63, 3.8) is 0 Å². The summed E-state index contributed by atoms with van der Waals surface area (Å²) in [6.07, 6.45) is 3.83. The van der Waals surface area contributed by atoms with Crippen LogP contribution in [0.15, 0.2) is 27.3 Å². The van der Waals surface area contributed by atoms with E-state index in [1.165, 1.54) is 29.4 Å². The second kappa shape index (κ2) is 6.43. The summed E-state index contributed by atoms with van der Waals surface area (Å²) in [6.45, 7) is 2.60. The van der Waals surface area contributed by atoms with Crippen LogP contribution in [-0.4, -0.2) is 26.4 Å². The molecule has 0 fully saturated rings. The lowest BCUT2D eigenvalue weighted by atomic mass is 10.4. The van der Waals surface area contributed by atoms with Crippen molar-refractivity contribution in [2.75, 3.05) is 11.9 Å². The minimum absolute atomic E-state index is 0.101. The van der Waals surface area contributed by atoms with E-state index in [1.807, 2.05) is 12.3 Å². The SMILES string of the molecule is CCCNc1ncnc(Sc2nccs2)c1[N+](=O)[O-]. The normalized spacial score (nSPS) is 10.4. The number of rotatable bonds is 6. The number of thiazole rings is 1. The van der Waals surface area contributed by atoms with Crippen LogP contribution < -0.4 is 5.32 Å². The summed E-state index contributed by atoms with van der Waals surface area (Å²) < 4.78 is 0.711. The van der Waals surface area contributed by atoms with Crippen LogP contribution in [0.4, 0.5) is 11.5 Å². The topological polar surface area (TPSA) is 93.8 Å². The molecule has 0 saturated heterocycles. The lowest BCUT2D eigenvalue weighted by molar-refractivity contribution is -0.387. The third-order valence-electron chi connectivity index (χ3n) is 2.11. The van der Waals surface area contributed by atoms with Crippen LogP contribution in [0.1, 0.15) is 13.3 Å². The van der Waals surface area contributed by atoms with Gasteiger partial charge in [0.15, 0.2) is 9.37 Å². The summed E-state index contributed by atoms with van der Waals surface area (Å²) in [6, 6.07) is 0. The fraction of sp³-hybridized carbons (Fsp3) is 0.300. The molecular weight excluding hydrogens is 286 g/mol. The molecule has 2 aromatic heterocycles. The zero-order valence-corrected chi connectivity index (χ0v) is 11.7. The van der Waals surface area contributed by atoms with Crippen LogP contribution in [0, 0.1) is 10.1 Å². The molecule has 2 heterocycles. The maximum atomic E-state index is 11.2. The van der Waals surface area contributed by atoms with Crippen LogP contribution in [0.25, 0.3) is 0 Å². The maximum absolute atomic E-state index is 11.2. The molecular formula is C10H11N5O2S2. The number of hydrogen-bond acceptors (Lipinski definition) is 8. The number of nitro groups is 1. The van der Waals surface area contributed by atoms with Crippen molar-refractivity contribution in [1.29, 1.82) is 0 Å². The highest BCUT2D eigenvalue weighted by Gasteiger charge is 2.23. The van der Waals surface area contributed by atoms with Gasteiger partial charge in [0, 0.05) is 18.1 Å². The van der Waals surface area contributed by atoms with Gasteiger partial charge in [0.05, 0.1) is 4.92 Å².